The highest BCUT2D eigenvalue weighted by Gasteiger charge is 2.36. The lowest BCUT2D eigenvalue weighted by Gasteiger charge is -2.42. The van der Waals surface area contributed by atoms with Gasteiger partial charge in [-0.1, -0.05) is 13.0 Å². The van der Waals surface area contributed by atoms with Gasteiger partial charge in [0.1, 0.15) is 5.69 Å². The number of nitrogens with zero attached hydrogens (tertiary/aromatic N) is 5. The molecule has 43 heavy (non-hydrogen) atoms. The number of fused-ring (bicyclic) bond motifs is 2. The van der Waals surface area contributed by atoms with Crippen molar-refractivity contribution in [3.05, 3.63) is 53.1 Å². The molecule has 1 atom stereocenters. The van der Waals surface area contributed by atoms with Crippen LogP contribution in [0.15, 0.2) is 30.3 Å². The van der Waals surface area contributed by atoms with E-state index < -0.39 is 5.82 Å². The molecule has 0 radical (unpaired) electrons. The van der Waals surface area contributed by atoms with Crippen molar-refractivity contribution >= 4 is 16.8 Å². The molecule has 1 unspecified atom stereocenters. The first-order valence-electron chi connectivity index (χ1n) is 15.3. The van der Waals surface area contributed by atoms with Crippen LogP contribution in [0.2, 0.25) is 0 Å². The van der Waals surface area contributed by atoms with Crippen LogP contribution in [0.3, 0.4) is 0 Å². The second kappa shape index (κ2) is 11.4. The molecule has 226 valence electrons. The molecule has 11 heteroatoms. The van der Waals surface area contributed by atoms with Crippen LogP contribution in [-0.4, -0.2) is 104 Å². The number of phenolic OH excluding ortho intramolecular Hbond substituents is 1. The Labute approximate surface area is 249 Å². The first-order chi connectivity index (χ1) is 20.9. The van der Waals surface area contributed by atoms with Gasteiger partial charge in [-0.3, -0.25) is 19.7 Å². The highest BCUT2D eigenvalue weighted by molar-refractivity contribution is 5.94. The number of aromatic nitrogens is 4. The number of amides is 1. The quantitative estimate of drug-likeness (QED) is 0.326. The third kappa shape index (κ3) is 5.19. The molecule has 3 aliphatic heterocycles. The molecule has 10 nitrogen and oxygen atoms in total. The summed E-state index contributed by atoms with van der Waals surface area (Å²) in [6, 6.07) is 9.03. The summed E-state index contributed by atoms with van der Waals surface area (Å²) in [6.45, 7) is 7.75. The lowest BCUT2D eigenvalue weighted by atomic mass is 9.96. The molecular weight excluding hydrogens is 549 g/mol. The van der Waals surface area contributed by atoms with E-state index >= 15 is 0 Å². The summed E-state index contributed by atoms with van der Waals surface area (Å²) >= 11 is 0. The Balaban J connectivity index is 1.08. The number of rotatable bonds is 5. The fourth-order valence-corrected chi connectivity index (χ4v) is 6.97. The van der Waals surface area contributed by atoms with Crippen LogP contribution in [0.5, 0.6) is 5.75 Å². The van der Waals surface area contributed by atoms with Gasteiger partial charge in [-0.15, -0.1) is 0 Å². The molecule has 5 heterocycles. The Morgan fingerprint density at radius 2 is 1.93 bits per heavy atom. The van der Waals surface area contributed by atoms with E-state index in [-0.39, 0.29) is 17.7 Å². The number of halogens is 1. The fraction of sp³-hybridized carbons (Fsp3) is 0.469. The summed E-state index contributed by atoms with van der Waals surface area (Å²) in [5, 5.41) is 18.4. The number of carbonyl (C=O) groups is 1. The minimum absolute atomic E-state index is 0.188. The van der Waals surface area contributed by atoms with Gasteiger partial charge in [0.25, 0.3) is 0 Å². The number of hydrogen-bond donors (Lipinski definition) is 3. The van der Waals surface area contributed by atoms with E-state index in [1.54, 1.807) is 0 Å². The number of ether oxygens (including phenoxy) is 1. The molecule has 1 amide bonds. The third-order valence-electron chi connectivity index (χ3n) is 9.47. The maximum Gasteiger partial charge on any atom is 0.240 e. The zero-order valence-electron chi connectivity index (χ0n) is 24.7. The number of imidazole rings is 1. The molecule has 7 rings (SSSR count). The van der Waals surface area contributed by atoms with Crippen molar-refractivity contribution in [2.75, 3.05) is 46.4 Å². The SMILES string of the molecule is CCc1cc(O)c(F)cc1-c1ccc2c(-c3nc4c([nH]3)CN(C)C(C(=O)N3CCC(N5CCOCC5)CC3)C4)n[nH]c2c1. The van der Waals surface area contributed by atoms with Gasteiger partial charge in [-0.2, -0.15) is 5.10 Å². The third-order valence-corrected chi connectivity index (χ3v) is 9.47. The van der Waals surface area contributed by atoms with Crippen LogP contribution in [0, 0.1) is 5.82 Å². The van der Waals surface area contributed by atoms with Gasteiger partial charge in [0, 0.05) is 50.6 Å². The number of hydrogen-bond acceptors (Lipinski definition) is 7. The highest BCUT2D eigenvalue weighted by Crippen LogP contribution is 2.34. The second-order valence-corrected chi connectivity index (χ2v) is 12.0. The smallest absolute Gasteiger partial charge is 0.240 e. The zero-order chi connectivity index (χ0) is 29.7. The van der Waals surface area contributed by atoms with Crippen LogP contribution in [-0.2, 0) is 28.9 Å². The average molecular weight is 588 g/mol. The molecule has 2 fully saturated rings. The van der Waals surface area contributed by atoms with Crippen molar-refractivity contribution < 1.29 is 19.0 Å². The molecule has 0 spiro atoms. The van der Waals surface area contributed by atoms with Gasteiger partial charge in [0.2, 0.25) is 5.91 Å². The largest absolute Gasteiger partial charge is 0.505 e. The van der Waals surface area contributed by atoms with Crippen molar-refractivity contribution in [1.82, 2.24) is 34.9 Å². The number of aryl methyl sites for hydroxylation is 1. The number of phenols is 1. The molecule has 2 aromatic carbocycles. The van der Waals surface area contributed by atoms with Crippen LogP contribution >= 0.6 is 0 Å². The van der Waals surface area contributed by atoms with E-state index in [9.17, 15) is 14.3 Å². The van der Waals surface area contributed by atoms with Crippen LogP contribution in [0.1, 0.15) is 36.7 Å². The van der Waals surface area contributed by atoms with E-state index in [2.05, 4.69) is 25.0 Å². The number of benzene rings is 2. The number of H-pyrrole nitrogens is 2. The second-order valence-electron chi connectivity index (χ2n) is 12.0. The predicted molar refractivity (Wildman–Crippen MR) is 161 cm³/mol. The normalized spacial score (nSPS) is 20.5. The highest BCUT2D eigenvalue weighted by atomic mass is 19.1. The molecule has 0 aliphatic carbocycles. The fourth-order valence-electron chi connectivity index (χ4n) is 6.97. The number of aromatic hydroxyl groups is 1. The number of carbonyl (C=O) groups excluding carboxylic acids is 1. The number of likely N-dealkylation sites (tertiary alicyclic amines) is 1. The van der Waals surface area contributed by atoms with E-state index in [0.29, 0.717) is 36.9 Å². The average Bonchev–Trinajstić information content (AvgIpc) is 3.65. The standard InChI is InChI=1S/C32H38FN7O3/c1-3-19-15-29(41)24(33)16-23(19)20-4-5-22-25(14-20)36-37-30(22)31-34-26-17-28(38(2)18-27(26)35-31)32(42)40-8-6-21(7-9-40)39-10-12-43-13-11-39/h4-5,14-16,21,28,41H,3,6-13,17-18H2,1-2H3,(H,34,35)(H,36,37). The lowest BCUT2D eigenvalue weighted by Crippen LogP contribution is -2.55. The summed E-state index contributed by atoms with van der Waals surface area (Å²) in [5.74, 6) is -0.122. The van der Waals surface area contributed by atoms with Crippen molar-refractivity contribution in [3.63, 3.8) is 0 Å². The van der Waals surface area contributed by atoms with Crippen molar-refractivity contribution in [1.29, 1.82) is 0 Å². The maximum absolute atomic E-state index is 14.2. The van der Waals surface area contributed by atoms with Crippen molar-refractivity contribution in [2.45, 2.75) is 51.2 Å². The van der Waals surface area contributed by atoms with E-state index in [0.717, 1.165) is 91.2 Å². The Kier molecular flexibility index (Phi) is 7.40. The minimum atomic E-state index is -0.641. The van der Waals surface area contributed by atoms with E-state index in [1.165, 1.54) is 12.1 Å². The Bertz CT molecular complexity index is 1650. The summed E-state index contributed by atoms with van der Waals surface area (Å²) in [7, 11) is 2.01. The van der Waals surface area contributed by atoms with Crippen LogP contribution in [0.4, 0.5) is 4.39 Å². The summed E-state index contributed by atoms with van der Waals surface area (Å²) < 4.78 is 19.7. The number of piperidine rings is 1. The Morgan fingerprint density at radius 3 is 2.70 bits per heavy atom. The van der Waals surface area contributed by atoms with Crippen LogP contribution in [0.25, 0.3) is 33.5 Å². The Hall–Kier alpha value is -3.80. The van der Waals surface area contributed by atoms with Gasteiger partial charge in [0.05, 0.1) is 36.2 Å². The van der Waals surface area contributed by atoms with E-state index in [4.69, 9.17) is 9.72 Å². The van der Waals surface area contributed by atoms with Gasteiger partial charge in [-0.05, 0) is 67.3 Å². The molecule has 4 aromatic rings. The summed E-state index contributed by atoms with van der Waals surface area (Å²) in [4.78, 5) is 28.7. The van der Waals surface area contributed by atoms with Crippen molar-refractivity contribution in [2.24, 2.45) is 0 Å². The molecule has 3 N–H and O–H groups in total. The van der Waals surface area contributed by atoms with Gasteiger partial charge in [-0.25, -0.2) is 9.37 Å². The lowest BCUT2D eigenvalue weighted by molar-refractivity contribution is -0.139. The van der Waals surface area contributed by atoms with Crippen LogP contribution < -0.4 is 0 Å². The first-order valence-corrected chi connectivity index (χ1v) is 15.3. The van der Waals surface area contributed by atoms with Gasteiger partial charge in [0.15, 0.2) is 17.4 Å². The number of morpholine rings is 1. The molecule has 0 bridgehead atoms. The molecule has 3 aliphatic rings. The summed E-state index contributed by atoms with van der Waals surface area (Å²) in [6.07, 6.45) is 3.24. The topological polar surface area (TPSA) is 114 Å². The molecule has 2 saturated heterocycles. The zero-order valence-corrected chi connectivity index (χ0v) is 24.7. The number of nitrogens with one attached hydrogen (secondary N) is 2. The van der Waals surface area contributed by atoms with E-state index in [1.807, 2.05) is 37.1 Å². The monoisotopic (exact) mass is 587 g/mol. The first kappa shape index (κ1) is 28.0. The number of aromatic amines is 2. The molecule has 2 aromatic heterocycles. The van der Waals surface area contributed by atoms with Gasteiger partial charge < -0.3 is 19.7 Å². The maximum atomic E-state index is 14.2. The van der Waals surface area contributed by atoms with Gasteiger partial charge >= 0.3 is 0 Å². The van der Waals surface area contributed by atoms with Crippen molar-refractivity contribution in [3.8, 4) is 28.4 Å². The minimum Gasteiger partial charge on any atom is -0.505 e. The summed E-state index contributed by atoms with van der Waals surface area (Å²) in [5.41, 5.74) is 5.89. The molecule has 0 saturated carbocycles. The molecular formula is C32H38FN7O3. The number of likely N-dealkylation sites (N-methyl/N-ethyl adjacent to an activating group) is 1. The Morgan fingerprint density at radius 1 is 1.14 bits per heavy atom. The predicted octanol–water partition coefficient (Wildman–Crippen LogP) is 3.71.